The maximum absolute atomic E-state index is 5.79. The molecule has 0 bridgehead atoms. The summed E-state index contributed by atoms with van der Waals surface area (Å²) in [7, 11) is 0. The van der Waals surface area contributed by atoms with E-state index in [1.54, 1.807) is 11.3 Å². The van der Waals surface area contributed by atoms with Crippen LogP contribution >= 0.6 is 11.3 Å². The van der Waals surface area contributed by atoms with Gasteiger partial charge in [0.05, 0.1) is 10.7 Å². The molecular weight excluding hydrogens is 206 g/mol. The maximum atomic E-state index is 5.79. The molecule has 0 aromatic carbocycles. The number of thiazole rings is 1. The van der Waals surface area contributed by atoms with E-state index >= 15 is 0 Å². The molecule has 1 unspecified atom stereocenters. The number of rotatable bonds is 3. The van der Waals surface area contributed by atoms with Gasteiger partial charge in [0.1, 0.15) is 0 Å². The molecule has 2 rings (SSSR count). The Kier molecular flexibility index (Phi) is 3.72. The van der Waals surface area contributed by atoms with Crippen molar-refractivity contribution in [3.05, 3.63) is 16.1 Å². The summed E-state index contributed by atoms with van der Waals surface area (Å²) in [5.41, 5.74) is 6.84. The number of nitrogens with zero attached hydrogens (tertiary/aromatic N) is 1. The summed E-state index contributed by atoms with van der Waals surface area (Å²) in [6, 6.07) is 0.0722. The van der Waals surface area contributed by atoms with E-state index in [9.17, 15) is 0 Å². The van der Waals surface area contributed by atoms with Crippen molar-refractivity contribution in [2.24, 2.45) is 11.7 Å². The van der Waals surface area contributed by atoms with E-state index in [2.05, 4.69) is 15.7 Å². The lowest BCUT2D eigenvalue weighted by atomic mass is 9.95. The van der Waals surface area contributed by atoms with Crippen LogP contribution in [0.1, 0.15) is 36.5 Å². The van der Waals surface area contributed by atoms with Crippen molar-refractivity contribution in [1.29, 1.82) is 0 Å². The van der Waals surface area contributed by atoms with Crippen LogP contribution in [0.3, 0.4) is 0 Å². The lowest BCUT2D eigenvalue weighted by Gasteiger charge is -2.21. The first kappa shape index (κ1) is 11.0. The zero-order valence-corrected chi connectivity index (χ0v) is 10.0. The molecule has 1 saturated heterocycles. The molecule has 2 heterocycles. The van der Waals surface area contributed by atoms with E-state index in [1.165, 1.54) is 17.8 Å². The second-order valence-corrected chi connectivity index (χ2v) is 5.29. The van der Waals surface area contributed by atoms with Crippen LogP contribution in [-0.2, 0) is 6.42 Å². The molecule has 15 heavy (non-hydrogen) atoms. The minimum Gasteiger partial charge on any atom is -0.323 e. The van der Waals surface area contributed by atoms with E-state index in [1.807, 2.05) is 6.92 Å². The van der Waals surface area contributed by atoms with Gasteiger partial charge in [-0.2, -0.15) is 0 Å². The van der Waals surface area contributed by atoms with Gasteiger partial charge in [0, 0.05) is 17.8 Å². The summed E-state index contributed by atoms with van der Waals surface area (Å²) in [5.74, 6) is 0.818. The van der Waals surface area contributed by atoms with Crippen molar-refractivity contribution >= 4 is 11.3 Å². The Morgan fingerprint density at radius 3 is 2.93 bits per heavy atom. The van der Waals surface area contributed by atoms with Crippen molar-refractivity contribution in [1.82, 2.24) is 10.3 Å². The Hall–Kier alpha value is -0.450. The quantitative estimate of drug-likeness (QED) is 0.823. The van der Waals surface area contributed by atoms with E-state index < -0.39 is 0 Å². The highest BCUT2D eigenvalue weighted by molar-refractivity contribution is 7.09. The van der Waals surface area contributed by atoms with E-state index in [-0.39, 0.29) is 6.04 Å². The van der Waals surface area contributed by atoms with Crippen LogP contribution in [0.4, 0.5) is 0 Å². The summed E-state index contributed by atoms with van der Waals surface area (Å²) < 4.78 is 0. The van der Waals surface area contributed by atoms with E-state index in [4.69, 9.17) is 5.73 Å². The third-order valence-electron chi connectivity index (χ3n) is 2.96. The summed E-state index contributed by atoms with van der Waals surface area (Å²) in [6.45, 7) is 4.32. The molecule has 3 N–H and O–H groups in total. The number of aromatic nitrogens is 1. The van der Waals surface area contributed by atoms with Gasteiger partial charge in [-0.25, -0.2) is 4.98 Å². The lowest BCUT2D eigenvalue weighted by molar-refractivity contribution is 0.372. The highest BCUT2D eigenvalue weighted by atomic mass is 32.1. The molecular formula is C11H19N3S. The number of nitrogens with one attached hydrogen (secondary N) is 1. The third kappa shape index (κ3) is 3.00. The first-order chi connectivity index (χ1) is 7.25. The number of nitrogens with two attached hydrogens (primary N) is 1. The summed E-state index contributed by atoms with van der Waals surface area (Å²) >= 11 is 1.76. The molecule has 0 radical (unpaired) electrons. The van der Waals surface area contributed by atoms with Crippen molar-refractivity contribution in [3.8, 4) is 0 Å². The van der Waals surface area contributed by atoms with Gasteiger partial charge >= 0.3 is 0 Å². The molecule has 0 amide bonds. The van der Waals surface area contributed by atoms with Crippen LogP contribution in [0.15, 0.2) is 5.38 Å². The maximum Gasteiger partial charge on any atom is 0.0931 e. The number of hydrogen-bond donors (Lipinski definition) is 2. The molecule has 1 aromatic heterocycles. The SMILES string of the molecule is CC(N)c1csc(CC2CCNCC2)n1. The highest BCUT2D eigenvalue weighted by Crippen LogP contribution is 2.22. The Labute approximate surface area is 95.1 Å². The molecule has 0 spiro atoms. The van der Waals surface area contributed by atoms with Gasteiger partial charge in [0.2, 0.25) is 0 Å². The van der Waals surface area contributed by atoms with Crippen LogP contribution in [0, 0.1) is 5.92 Å². The molecule has 1 fully saturated rings. The predicted octanol–water partition coefficient (Wildman–Crippen LogP) is 1.70. The average molecular weight is 225 g/mol. The Morgan fingerprint density at radius 2 is 2.33 bits per heavy atom. The molecule has 3 nitrogen and oxygen atoms in total. The van der Waals surface area contributed by atoms with Crippen molar-refractivity contribution in [2.45, 2.75) is 32.2 Å². The molecule has 0 saturated carbocycles. The standard InChI is InChI=1S/C11H19N3S/c1-8(12)10-7-15-11(14-10)6-9-2-4-13-5-3-9/h7-9,13H,2-6,12H2,1H3. The zero-order chi connectivity index (χ0) is 10.7. The monoisotopic (exact) mass is 225 g/mol. The third-order valence-corrected chi connectivity index (χ3v) is 3.85. The fraction of sp³-hybridized carbons (Fsp3) is 0.727. The van der Waals surface area contributed by atoms with Crippen LogP contribution in [0.5, 0.6) is 0 Å². The number of piperidine rings is 1. The van der Waals surface area contributed by atoms with Crippen LogP contribution < -0.4 is 11.1 Å². The Bertz CT molecular complexity index is 303. The summed E-state index contributed by atoms with van der Waals surface area (Å²) in [4.78, 5) is 4.58. The Balaban J connectivity index is 1.91. The van der Waals surface area contributed by atoms with Gasteiger partial charge in [0.15, 0.2) is 0 Å². The summed E-state index contributed by atoms with van der Waals surface area (Å²) in [6.07, 6.45) is 3.71. The second-order valence-electron chi connectivity index (χ2n) is 4.35. The highest BCUT2D eigenvalue weighted by Gasteiger charge is 2.15. The smallest absolute Gasteiger partial charge is 0.0931 e. The fourth-order valence-electron chi connectivity index (χ4n) is 1.96. The van der Waals surface area contributed by atoms with Crippen LogP contribution in [-0.4, -0.2) is 18.1 Å². The van der Waals surface area contributed by atoms with Crippen molar-refractivity contribution in [3.63, 3.8) is 0 Å². The van der Waals surface area contributed by atoms with Gasteiger partial charge < -0.3 is 11.1 Å². The van der Waals surface area contributed by atoms with Crippen molar-refractivity contribution < 1.29 is 0 Å². The molecule has 4 heteroatoms. The van der Waals surface area contributed by atoms with Gasteiger partial charge in [-0.15, -0.1) is 11.3 Å². The first-order valence-electron chi connectivity index (χ1n) is 5.66. The van der Waals surface area contributed by atoms with Gasteiger partial charge in [0.25, 0.3) is 0 Å². The molecule has 84 valence electrons. The normalized spacial score (nSPS) is 20.4. The minimum atomic E-state index is 0.0722. The fourth-order valence-corrected chi connectivity index (χ4v) is 2.97. The van der Waals surface area contributed by atoms with Gasteiger partial charge in [-0.3, -0.25) is 0 Å². The Morgan fingerprint density at radius 1 is 1.60 bits per heavy atom. The molecule has 1 aliphatic heterocycles. The topological polar surface area (TPSA) is 50.9 Å². The van der Waals surface area contributed by atoms with Gasteiger partial charge in [-0.1, -0.05) is 0 Å². The molecule has 0 aliphatic carbocycles. The average Bonchev–Trinajstić information content (AvgIpc) is 2.68. The largest absolute Gasteiger partial charge is 0.323 e. The lowest BCUT2D eigenvalue weighted by Crippen LogP contribution is -2.28. The molecule has 1 atom stereocenters. The summed E-state index contributed by atoms with van der Waals surface area (Å²) in [5, 5.41) is 6.74. The first-order valence-corrected chi connectivity index (χ1v) is 6.54. The van der Waals surface area contributed by atoms with Crippen LogP contribution in [0.2, 0.25) is 0 Å². The minimum absolute atomic E-state index is 0.0722. The van der Waals surface area contributed by atoms with Crippen LogP contribution in [0.25, 0.3) is 0 Å². The van der Waals surface area contributed by atoms with Gasteiger partial charge in [-0.05, 0) is 38.8 Å². The zero-order valence-electron chi connectivity index (χ0n) is 9.20. The molecule has 1 aromatic rings. The number of hydrogen-bond acceptors (Lipinski definition) is 4. The second kappa shape index (κ2) is 5.05. The molecule has 1 aliphatic rings. The predicted molar refractivity (Wildman–Crippen MR) is 64.0 cm³/mol. The van der Waals surface area contributed by atoms with E-state index in [0.717, 1.165) is 31.1 Å². The van der Waals surface area contributed by atoms with E-state index in [0.29, 0.717) is 0 Å². The van der Waals surface area contributed by atoms with Crippen molar-refractivity contribution in [2.75, 3.05) is 13.1 Å².